The van der Waals surface area contributed by atoms with Crippen LogP contribution in [0.3, 0.4) is 0 Å². The molecule has 7 heteroatoms. The van der Waals surface area contributed by atoms with Crippen LogP contribution in [-0.4, -0.2) is 22.7 Å². The predicted molar refractivity (Wildman–Crippen MR) is 88.2 cm³/mol. The van der Waals surface area contributed by atoms with E-state index in [1.807, 2.05) is 32.0 Å². The summed E-state index contributed by atoms with van der Waals surface area (Å²) in [4.78, 5) is 10.0. The van der Waals surface area contributed by atoms with Crippen LogP contribution in [-0.2, 0) is 0 Å². The van der Waals surface area contributed by atoms with Gasteiger partial charge in [0.05, 0.1) is 16.6 Å². The predicted octanol–water partition coefficient (Wildman–Crippen LogP) is 2.86. The van der Waals surface area contributed by atoms with Gasteiger partial charge in [0, 0.05) is 6.07 Å². The summed E-state index contributed by atoms with van der Waals surface area (Å²) in [5, 5.41) is 28.1. The largest absolute Gasteiger partial charge is 0.569 e. The highest BCUT2D eigenvalue weighted by atomic mass is 16.6. The maximum absolute atomic E-state index is 10.5. The molecule has 0 heterocycles. The summed E-state index contributed by atoms with van der Waals surface area (Å²) in [6, 6.07) is 12.2. The summed E-state index contributed by atoms with van der Waals surface area (Å²) >= 11 is 0. The van der Waals surface area contributed by atoms with Gasteiger partial charge in [-0.05, 0) is 38.5 Å². The molecule has 2 rings (SSSR count). The fourth-order valence-electron chi connectivity index (χ4n) is 1.92. The number of benzene rings is 2. The van der Waals surface area contributed by atoms with Gasteiger partial charge in [-0.1, -0.05) is 29.8 Å². The van der Waals surface area contributed by atoms with Crippen LogP contribution in [0, 0.1) is 24.0 Å². The Labute approximate surface area is 135 Å². The van der Waals surface area contributed by atoms with Crippen molar-refractivity contribution in [2.24, 2.45) is 0 Å². The zero-order valence-electron chi connectivity index (χ0n) is 13.3. The van der Waals surface area contributed by atoms with Crippen molar-refractivity contribution < 1.29 is 19.7 Å². The summed E-state index contributed by atoms with van der Waals surface area (Å²) in [5.74, 6) is 0.685. The molecule has 0 spiro atoms. The van der Waals surface area contributed by atoms with Gasteiger partial charge in [-0.15, -0.1) is 0 Å². The molecule has 23 heavy (non-hydrogen) atoms. The smallest absolute Gasteiger partial charge is 0.537 e. The lowest BCUT2D eigenvalue weighted by Crippen LogP contribution is -2.00. The molecule has 0 aromatic heterocycles. The van der Waals surface area contributed by atoms with Crippen LogP contribution < -0.4 is 4.65 Å². The number of nitro groups is 1. The standard InChI is InChI=1S/C9H11NO3.C7H8BO2/c1-6-3-4-9(10(12)13)8(5-6)7(2)11;1-6-4-2-3-5-7(6)10-8-9/h3-5,7,11H,1-2H3;2-5,9H,1H3. The second-order valence-electron chi connectivity index (χ2n) is 4.98. The molecule has 2 aromatic rings. The zero-order chi connectivity index (χ0) is 17.4. The Morgan fingerprint density at radius 3 is 2.39 bits per heavy atom. The van der Waals surface area contributed by atoms with Crippen LogP contribution in [0.4, 0.5) is 5.69 Å². The number of aliphatic hydroxyl groups is 1. The zero-order valence-corrected chi connectivity index (χ0v) is 13.3. The first kappa shape index (κ1) is 18.7. The second kappa shape index (κ2) is 8.92. The average molecular weight is 316 g/mol. The van der Waals surface area contributed by atoms with Crippen molar-refractivity contribution >= 4 is 13.4 Å². The SMILES string of the molecule is Cc1ccc([N+](=O)[O-])c(C(C)O)c1.Cc1ccccc1O[B]O. The summed E-state index contributed by atoms with van der Waals surface area (Å²) < 4.78 is 4.77. The molecule has 1 unspecified atom stereocenters. The van der Waals surface area contributed by atoms with E-state index in [1.165, 1.54) is 13.0 Å². The van der Waals surface area contributed by atoms with Gasteiger partial charge in [-0.2, -0.15) is 0 Å². The van der Waals surface area contributed by atoms with E-state index < -0.39 is 11.0 Å². The Bertz CT molecular complexity index is 661. The molecule has 1 radical (unpaired) electrons. The van der Waals surface area contributed by atoms with Crippen LogP contribution in [0.25, 0.3) is 0 Å². The van der Waals surface area contributed by atoms with Crippen molar-refractivity contribution in [1.29, 1.82) is 0 Å². The number of nitro benzene ring substituents is 1. The number of hydrogen-bond acceptors (Lipinski definition) is 5. The number of aryl methyl sites for hydroxylation is 2. The molecule has 0 saturated carbocycles. The van der Waals surface area contributed by atoms with Gasteiger partial charge in [-0.25, -0.2) is 0 Å². The van der Waals surface area contributed by atoms with Crippen molar-refractivity contribution in [2.75, 3.05) is 0 Å². The lowest BCUT2D eigenvalue weighted by atomic mass is 10.1. The third-order valence-electron chi connectivity index (χ3n) is 3.10. The summed E-state index contributed by atoms with van der Waals surface area (Å²) in [6.07, 6.45) is -0.805. The maximum atomic E-state index is 10.5. The van der Waals surface area contributed by atoms with Crippen molar-refractivity contribution in [3.63, 3.8) is 0 Å². The molecule has 6 nitrogen and oxygen atoms in total. The van der Waals surface area contributed by atoms with Gasteiger partial charge in [0.25, 0.3) is 5.69 Å². The highest BCUT2D eigenvalue weighted by Gasteiger charge is 2.16. The van der Waals surface area contributed by atoms with Gasteiger partial charge in [0.15, 0.2) is 0 Å². The Morgan fingerprint density at radius 2 is 1.87 bits per heavy atom. The van der Waals surface area contributed by atoms with Crippen LogP contribution in [0.5, 0.6) is 5.75 Å². The summed E-state index contributed by atoms with van der Waals surface area (Å²) in [6.45, 7) is 5.26. The molecule has 0 aliphatic carbocycles. The number of hydrogen-bond donors (Lipinski definition) is 2. The lowest BCUT2D eigenvalue weighted by molar-refractivity contribution is -0.386. The number of nitrogens with zero attached hydrogens (tertiary/aromatic N) is 1. The third-order valence-corrected chi connectivity index (χ3v) is 3.10. The Morgan fingerprint density at radius 1 is 1.22 bits per heavy atom. The topological polar surface area (TPSA) is 92.8 Å². The summed E-state index contributed by atoms with van der Waals surface area (Å²) in [5.41, 5.74) is 2.25. The normalized spacial score (nSPS) is 11.0. The van der Waals surface area contributed by atoms with E-state index >= 15 is 0 Å². The number of aliphatic hydroxyl groups excluding tert-OH is 1. The minimum absolute atomic E-state index is 0.0272. The third kappa shape index (κ3) is 5.73. The second-order valence-corrected chi connectivity index (χ2v) is 4.98. The number of rotatable bonds is 4. The molecule has 0 aliphatic rings. The van der Waals surface area contributed by atoms with E-state index in [-0.39, 0.29) is 5.69 Å². The molecule has 0 aliphatic heterocycles. The minimum atomic E-state index is -0.805. The van der Waals surface area contributed by atoms with Crippen molar-refractivity contribution in [2.45, 2.75) is 26.9 Å². The lowest BCUT2D eigenvalue weighted by Gasteiger charge is -2.05. The molecule has 0 bridgehead atoms. The molecule has 2 N–H and O–H groups in total. The van der Waals surface area contributed by atoms with Crippen molar-refractivity contribution in [3.05, 3.63) is 69.3 Å². The Balaban J connectivity index is 0.000000238. The monoisotopic (exact) mass is 316 g/mol. The van der Waals surface area contributed by atoms with E-state index in [4.69, 9.17) is 9.68 Å². The summed E-state index contributed by atoms with van der Waals surface area (Å²) in [7, 11) is 0.683. The van der Waals surface area contributed by atoms with Gasteiger partial charge < -0.3 is 14.8 Å². The first-order valence-corrected chi connectivity index (χ1v) is 6.98. The minimum Gasteiger partial charge on any atom is -0.537 e. The van der Waals surface area contributed by atoms with E-state index in [0.717, 1.165) is 11.1 Å². The van der Waals surface area contributed by atoms with E-state index in [2.05, 4.69) is 0 Å². The fourth-order valence-corrected chi connectivity index (χ4v) is 1.92. The Kier molecular flexibility index (Phi) is 7.24. The highest BCUT2D eigenvalue weighted by molar-refractivity contribution is 6.17. The molecule has 2 aromatic carbocycles. The molecule has 0 fully saturated rings. The Hall–Kier alpha value is -2.38. The van der Waals surface area contributed by atoms with Gasteiger partial charge in [0.2, 0.25) is 0 Å². The fraction of sp³-hybridized carbons (Fsp3) is 0.250. The van der Waals surface area contributed by atoms with E-state index in [0.29, 0.717) is 19.0 Å². The van der Waals surface area contributed by atoms with Crippen LogP contribution in [0.15, 0.2) is 42.5 Å². The first-order valence-electron chi connectivity index (χ1n) is 6.98. The van der Waals surface area contributed by atoms with Crippen LogP contribution in [0.1, 0.15) is 29.7 Å². The molecule has 0 amide bonds. The van der Waals surface area contributed by atoms with Crippen molar-refractivity contribution in [3.8, 4) is 5.75 Å². The molecule has 121 valence electrons. The van der Waals surface area contributed by atoms with E-state index in [1.54, 1.807) is 18.2 Å². The maximum Gasteiger partial charge on any atom is 0.569 e. The number of para-hydroxylation sites is 1. The van der Waals surface area contributed by atoms with Gasteiger partial charge >= 0.3 is 7.69 Å². The quantitative estimate of drug-likeness (QED) is 0.514. The highest BCUT2D eigenvalue weighted by Crippen LogP contribution is 2.25. The van der Waals surface area contributed by atoms with Crippen LogP contribution in [0.2, 0.25) is 0 Å². The first-order chi connectivity index (χ1) is 10.9. The van der Waals surface area contributed by atoms with Gasteiger partial charge in [-0.3, -0.25) is 10.1 Å². The average Bonchev–Trinajstić information content (AvgIpc) is 2.50. The molecule has 1 atom stereocenters. The molecule has 0 saturated heterocycles. The van der Waals surface area contributed by atoms with Crippen LogP contribution >= 0.6 is 0 Å². The van der Waals surface area contributed by atoms with Crippen molar-refractivity contribution in [1.82, 2.24) is 0 Å². The van der Waals surface area contributed by atoms with Gasteiger partial charge in [0.1, 0.15) is 5.75 Å². The molecular formula is C16H19BNO5. The van der Waals surface area contributed by atoms with E-state index in [9.17, 15) is 15.2 Å². The molecular weight excluding hydrogens is 297 g/mol.